The SMILES string of the molecule is Cc1cccc(-c2n[nH]cc2-c2ccc3ncc(N4CC[C@H](N(C)C)C4)cc3n2)n1. The fourth-order valence-corrected chi connectivity index (χ4v) is 4.07. The summed E-state index contributed by atoms with van der Waals surface area (Å²) in [5.41, 5.74) is 7.32. The molecular formula is C23H25N7. The van der Waals surface area contributed by atoms with Crippen molar-refractivity contribution in [1.82, 2.24) is 30.0 Å². The summed E-state index contributed by atoms with van der Waals surface area (Å²) >= 11 is 0. The zero-order valence-corrected chi connectivity index (χ0v) is 17.5. The molecule has 0 unspecified atom stereocenters. The third-order valence-corrected chi connectivity index (χ3v) is 5.83. The molecule has 7 nitrogen and oxygen atoms in total. The van der Waals surface area contributed by atoms with E-state index in [-0.39, 0.29) is 0 Å². The fourth-order valence-electron chi connectivity index (χ4n) is 4.07. The first-order chi connectivity index (χ1) is 14.6. The molecule has 0 saturated carbocycles. The number of rotatable bonds is 4. The van der Waals surface area contributed by atoms with Crippen LogP contribution in [0.4, 0.5) is 5.69 Å². The molecule has 4 aromatic heterocycles. The Morgan fingerprint density at radius 1 is 1.07 bits per heavy atom. The van der Waals surface area contributed by atoms with Gasteiger partial charge in [-0.05, 0) is 57.8 Å². The van der Waals surface area contributed by atoms with Crippen molar-refractivity contribution in [3.63, 3.8) is 0 Å². The van der Waals surface area contributed by atoms with E-state index in [0.717, 1.165) is 58.1 Å². The number of aromatic amines is 1. The molecule has 5 rings (SSSR count). The predicted octanol–water partition coefficient (Wildman–Crippen LogP) is 3.53. The van der Waals surface area contributed by atoms with Gasteiger partial charge in [0.1, 0.15) is 5.69 Å². The zero-order valence-electron chi connectivity index (χ0n) is 17.5. The summed E-state index contributed by atoms with van der Waals surface area (Å²) < 4.78 is 0. The van der Waals surface area contributed by atoms with Gasteiger partial charge < -0.3 is 9.80 Å². The summed E-state index contributed by atoms with van der Waals surface area (Å²) in [6.45, 7) is 4.04. The topological polar surface area (TPSA) is 73.8 Å². The fraction of sp³-hybridized carbons (Fsp3) is 0.304. The molecule has 4 aromatic rings. The predicted molar refractivity (Wildman–Crippen MR) is 119 cm³/mol. The first kappa shape index (κ1) is 18.7. The Morgan fingerprint density at radius 3 is 2.77 bits per heavy atom. The van der Waals surface area contributed by atoms with Crippen LogP contribution >= 0.6 is 0 Å². The van der Waals surface area contributed by atoms with Gasteiger partial charge in [-0.25, -0.2) is 4.98 Å². The molecule has 0 aliphatic carbocycles. The summed E-state index contributed by atoms with van der Waals surface area (Å²) in [6.07, 6.45) is 5.01. The van der Waals surface area contributed by atoms with Crippen molar-refractivity contribution >= 4 is 16.7 Å². The molecule has 5 heterocycles. The Balaban J connectivity index is 1.51. The van der Waals surface area contributed by atoms with E-state index in [1.807, 2.05) is 49.6 Å². The van der Waals surface area contributed by atoms with Gasteiger partial charge >= 0.3 is 0 Å². The maximum atomic E-state index is 4.93. The Bertz CT molecular complexity index is 1200. The Kier molecular flexibility index (Phi) is 4.67. The number of aromatic nitrogens is 5. The van der Waals surface area contributed by atoms with Crippen molar-refractivity contribution in [1.29, 1.82) is 0 Å². The lowest BCUT2D eigenvalue weighted by Gasteiger charge is -2.21. The molecule has 30 heavy (non-hydrogen) atoms. The molecule has 0 radical (unpaired) electrons. The van der Waals surface area contributed by atoms with Gasteiger partial charge in [0.25, 0.3) is 0 Å². The van der Waals surface area contributed by atoms with Crippen LogP contribution in [0.1, 0.15) is 12.1 Å². The highest BCUT2D eigenvalue weighted by Gasteiger charge is 2.24. The number of nitrogens with one attached hydrogen (secondary N) is 1. The summed E-state index contributed by atoms with van der Waals surface area (Å²) in [6, 6.07) is 12.7. The monoisotopic (exact) mass is 399 g/mol. The molecule has 1 saturated heterocycles. The molecule has 1 N–H and O–H groups in total. The highest BCUT2D eigenvalue weighted by atomic mass is 15.2. The summed E-state index contributed by atoms with van der Waals surface area (Å²) in [5, 5.41) is 7.41. The molecule has 1 atom stereocenters. The molecule has 0 aromatic carbocycles. The van der Waals surface area contributed by atoms with Gasteiger partial charge in [-0.1, -0.05) is 6.07 Å². The average molecular weight is 400 g/mol. The van der Waals surface area contributed by atoms with E-state index in [1.165, 1.54) is 6.42 Å². The quantitative estimate of drug-likeness (QED) is 0.566. The van der Waals surface area contributed by atoms with Gasteiger partial charge in [0.2, 0.25) is 0 Å². The highest BCUT2D eigenvalue weighted by Crippen LogP contribution is 2.30. The maximum Gasteiger partial charge on any atom is 0.120 e. The normalized spacial score (nSPS) is 16.7. The molecule has 0 bridgehead atoms. The van der Waals surface area contributed by atoms with Crippen LogP contribution in [0.15, 0.2) is 48.8 Å². The van der Waals surface area contributed by atoms with Crippen LogP contribution in [0.5, 0.6) is 0 Å². The number of fused-ring (bicyclic) bond motifs is 1. The van der Waals surface area contributed by atoms with Gasteiger partial charge in [0.15, 0.2) is 0 Å². The van der Waals surface area contributed by atoms with Crippen LogP contribution < -0.4 is 4.90 Å². The van der Waals surface area contributed by atoms with Crippen LogP contribution in [0.3, 0.4) is 0 Å². The summed E-state index contributed by atoms with van der Waals surface area (Å²) in [7, 11) is 4.29. The van der Waals surface area contributed by atoms with Crippen molar-refractivity contribution < 1.29 is 0 Å². The molecule has 1 aliphatic rings. The second-order valence-electron chi connectivity index (χ2n) is 8.09. The minimum Gasteiger partial charge on any atom is -0.369 e. The third kappa shape index (κ3) is 3.41. The molecule has 152 valence electrons. The minimum absolute atomic E-state index is 0.579. The summed E-state index contributed by atoms with van der Waals surface area (Å²) in [5.74, 6) is 0. The largest absolute Gasteiger partial charge is 0.369 e. The van der Waals surface area contributed by atoms with Crippen molar-refractivity contribution in [2.75, 3.05) is 32.1 Å². The van der Waals surface area contributed by atoms with E-state index in [4.69, 9.17) is 4.98 Å². The van der Waals surface area contributed by atoms with E-state index < -0.39 is 0 Å². The Morgan fingerprint density at radius 2 is 1.97 bits per heavy atom. The number of hydrogen-bond donors (Lipinski definition) is 1. The lowest BCUT2D eigenvalue weighted by Crippen LogP contribution is -2.31. The van der Waals surface area contributed by atoms with Crippen LogP contribution in [-0.2, 0) is 0 Å². The first-order valence-electron chi connectivity index (χ1n) is 10.2. The van der Waals surface area contributed by atoms with Crippen LogP contribution in [0, 0.1) is 6.92 Å². The Labute approximate surface area is 175 Å². The molecule has 0 spiro atoms. The number of likely N-dealkylation sites (N-methyl/N-ethyl adjacent to an activating group) is 1. The van der Waals surface area contributed by atoms with Crippen molar-refractivity contribution in [2.45, 2.75) is 19.4 Å². The van der Waals surface area contributed by atoms with E-state index >= 15 is 0 Å². The van der Waals surface area contributed by atoms with E-state index in [0.29, 0.717) is 6.04 Å². The van der Waals surface area contributed by atoms with Gasteiger partial charge in [-0.15, -0.1) is 0 Å². The van der Waals surface area contributed by atoms with E-state index in [2.05, 4.69) is 50.1 Å². The number of hydrogen-bond acceptors (Lipinski definition) is 6. The standard InChI is InChI=1S/C23H25N7/c1-15-5-4-6-21(26-15)23-18(13-25-28-23)19-7-8-20-22(27-19)11-17(12-24-20)30-10-9-16(14-30)29(2)3/h4-8,11-13,16H,9-10,14H2,1-3H3,(H,25,28)/t16-/m0/s1. The maximum absolute atomic E-state index is 4.93. The minimum atomic E-state index is 0.579. The van der Waals surface area contributed by atoms with Gasteiger partial charge in [-0.3, -0.25) is 15.1 Å². The number of anilines is 1. The number of H-pyrrole nitrogens is 1. The Hall–Kier alpha value is -3.32. The van der Waals surface area contributed by atoms with Gasteiger partial charge in [-0.2, -0.15) is 5.10 Å². The molecule has 1 fully saturated rings. The molecule has 7 heteroatoms. The number of aryl methyl sites for hydroxylation is 1. The van der Waals surface area contributed by atoms with Crippen molar-refractivity contribution in [3.05, 3.63) is 54.5 Å². The number of nitrogens with zero attached hydrogens (tertiary/aromatic N) is 6. The summed E-state index contributed by atoms with van der Waals surface area (Å²) in [4.78, 5) is 18.9. The zero-order chi connectivity index (χ0) is 20.7. The van der Waals surface area contributed by atoms with Crippen molar-refractivity contribution in [2.24, 2.45) is 0 Å². The van der Waals surface area contributed by atoms with Crippen LogP contribution in [-0.4, -0.2) is 63.3 Å². The van der Waals surface area contributed by atoms with E-state index in [9.17, 15) is 0 Å². The molecular weight excluding hydrogens is 374 g/mol. The van der Waals surface area contributed by atoms with Gasteiger partial charge in [0, 0.05) is 36.6 Å². The highest BCUT2D eigenvalue weighted by molar-refractivity contribution is 5.84. The second-order valence-corrected chi connectivity index (χ2v) is 8.09. The number of pyridine rings is 3. The van der Waals surface area contributed by atoms with Crippen LogP contribution in [0.25, 0.3) is 33.7 Å². The molecule has 1 aliphatic heterocycles. The van der Waals surface area contributed by atoms with Gasteiger partial charge in [0.05, 0.1) is 34.3 Å². The first-order valence-corrected chi connectivity index (χ1v) is 10.2. The van der Waals surface area contributed by atoms with Crippen LogP contribution in [0.2, 0.25) is 0 Å². The van der Waals surface area contributed by atoms with Crippen molar-refractivity contribution in [3.8, 4) is 22.6 Å². The lowest BCUT2D eigenvalue weighted by atomic mass is 10.1. The lowest BCUT2D eigenvalue weighted by molar-refractivity contribution is 0.315. The smallest absolute Gasteiger partial charge is 0.120 e. The average Bonchev–Trinajstić information content (AvgIpc) is 3.43. The molecule has 0 amide bonds. The van der Waals surface area contributed by atoms with E-state index in [1.54, 1.807) is 0 Å². The third-order valence-electron chi connectivity index (χ3n) is 5.83. The second kappa shape index (κ2) is 7.50.